The Morgan fingerprint density at radius 3 is 1.01 bits per heavy atom. The van der Waals surface area contributed by atoms with Crippen LogP contribution in [0.15, 0.2) is 49.1 Å². The standard InChI is InChI=1S/C16H23NO.2C15H22N2O.C14H21N3O/c1-15(2,3)12-8-7-9-13-11(12)10-14(18)17(13)16(4,5)6;2*1-14(2,3)11-7-8-16-13-10(11)9-12(18)17(13)15(4,5)6;1-13(2,3)11-9-7-10(18)17(14(4,5)6)12(9)16-8-15-11/h7-9H,10H2,1-6H3;2*7-8H,9H2,1-6H3;8H,7H2,1-6H3. The van der Waals surface area contributed by atoms with Crippen LogP contribution in [0.1, 0.15) is 211 Å². The van der Waals surface area contributed by atoms with E-state index >= 15 is 0 Å². The maximum Gasteiger partial charge on any atom is 0.233 e. The van der Waals surface area contributed by atoms with Crippen molar-refractivity contribution in [2.24, 2.45) is 0 Å². The van der Waals surface area contributed by atoms with Gasteiger partial charge < -0.3 is 4.90 Å². The molecule has 0 saturated carbocycles. The first kappa shape index (κ1) is 57.4. The van der Waals surface area contributed by atoms with Gasteiger partial charge in [-0.1, -0.05) is 95.2 Å². The van der Waals surface area contributed by atoms with Gasteiger partial charge in [-0.2, -0.15) is 0 Å². The van der Waals surface area contributed by atoms with Crippen LogP contribution in [-0.2, 0) is 66.5 Å². The predicted molar refractivity (Wildman–Crippen MR) is 296 cm³/mol. The van der Waals surface area contributed by atoms with E-state index < -0.39 is 0 Å². The molecule has 0 saturated heterocycles. The van der Waals surface area contributed by atoms with Gasteiger partial charge >= 0.3 is 0 Å². The average molecular weight is 985 g/mol. The smallest absolute Gasteiger partial charge is 0.233 e. The molecular weight excluding hydrogens is 897 g/mol. The molecule has 4 amide bonds. The lowest BCUT2D eigenvalue weighted by molar-refractivity contribution is -0.119. The largest absolute Gasteiger partial charge is 0.307 e. The van der Waals surface area contributed by atoms with Gasteiger partial charge in [0.2, 0.25) is 23.6 Å². The Labute approximate surface area is 433 Å². The summed E-state index contributed by atoms with van der Waals surface area (Å²) >= 11 is 0. The normalized spacial score (nSPS) is 16.1. The maximum absolute atomic E-state index is 12.3. The number of carbonyl (C=O) groups excluding carboxylic acids is 4. The highest BCUT2D eigenvalue weighted by atomic mass is 16.2. The molecule has 3 aromatic heterocycles. The number of pyridine rings is 2. The second kappa shape index (κ2) is 19.4. The summed E-state index contributed by atoms with van der Waals surface area (Å²) in [4.78, 5) is 74.0. The van der Waals surface area contributed by atoms with Crippen molar-refractivity contribution in [3.63, 3.8) is 0 Å². The summed E-state index contributed by atoms with van der Waals surface area (Å²) in [6.45, 7) is 50.6. The third-order valence-electron chi connectivity index (χ3n) is 13.1. The van der Waals surface area contributed by atoms with Crippen molar-refractivity contribution in [2.45, 2.75) is 236 Å². The second-order valence-corrected chi connectivity index (χ2v) is 28.0. The topological polar surface area (TPSA) is 133 Å². The fraction of sp³-hybridized carbons (Fsp3) is 0.600. The lowest BCUT2D eigenvalue weighted by Crippen LogP contribution is -2.44. The van der Waals surface area contributed by atoms with Crippen LogP contribution in [0.3, 0.4) is 0 Å². The second-order valence-electron chi connectivity index (χ2n) is 28.0. The van der Waals surface area contributed by atoms with Crippen LogP contribution in [0.25, 0.3) is 0 Å². The van der Waals surface area contributed by atoms with E-state index in [0.29, 0.717) is 25.7 Å². The minimum atomic E-state index is -0.244. The summed E-state index contributed by atoms with van der Waals surface area (Å²) in [7, 11) is 0. The van der Waals surface area contributed by atoms with Gasteiger partial charge in [-0.15, -0.1) is 0 Å². The van der Waals surface area contributed by atoms with Gasteiger partial charge in [-0.25, -0.2) is 19.9 Å². The third-order valence-corrected chi connectivity index (χ3v) is 13.1. The summed E-state index contributed by atoms with van der Waals surface area (Å²) < 4.78 is 0. The maximum atomic E-state index is 12.3. The molecule has 0 bridgehead atoms. The molecule has 0 radical (unpaired) electrons. The molecule has 0 spiro atoms. The van der Waals surface area contributed by atoms with Crippen LogP contribution in [0.5, 0.6) is 0 Å². The van der Waals surface area contributed by atoms with Crippen LogP contribution in [0.2, 0.25) is 0 Å². The zero-order valence-electron chi connectivity index (χ0n) is 48.7. The van der Waals surface area contributed by atoms with Gasteiger partial charge in [0.25, 0.3) is 0 Å². The van der Waals surface area contributed by atoms with E-state index in [-0.39, 0.29) is 67.4 Å². The summed E-state index contributed by atoms with van der Waals surface area (Å²) in [5.41, 5.74) is 9.50. The first-order valence-corrected chi connectivity index (χ1v) is 25.7. The molecule has 1 aromatic carbocycles. The lowest BCUT2D eigenvalue weighted by Gasteiger charge is -2.33. The molecule has 12 heteroatoms. The van der Waals surface area contributed by atoms with Crippen molar-refractivity contribution < 1.29 is 19.2 Å². The number of amides is 4. The fourth-order valence-corrected chi connectivity index (χ4v) is 10.4. The van der Waals surface area contributed by atoms with Crippen molar-refractivity contribution in [1.82, 2.24) is 19.9 Å². The van der Waals surface area contributed by atoms with Crippen LogP contribution in [0, 0.1) is 0 Å². The van der Waals surface area contributed by atoms with E-state index in [1.807, 2.05) is 102 Å². The van der Waals surface area contributed by atoms with E-state index in [1.165, 1.54) is 22.3 Å². The molecule has 4 aromatic rings. The third kappa shape index (κ3) is 12.1. The zero-order valence-corrected chi connectivity index (χ0v) is 48.7. The summed E-state index contributed by atoms with van der Waals surface area (Å²) in [5, 5.41) is 0. The Balaban J connectivity index is 0.000000178. The summed E-state index contributed by atoms with van der Waals surface area (Å²) in [6.07, 6.45) is 7.12. The number of anilines is 4. The van der Waals surface area contributed by atoms with E-state index in [4.69, 9.17) is 0 Å². The van der Waals surface area contributed by atoms with Gasteiger partial charge in [-0.3, -0.25) is 33.9 Å². The van der Waals surface area contributed by atoms with Gasteiger partial charge in [0.15, 0.2) is 0 Å². The minimum absolute atomic E-state index is 0.0429. The number of benzene rings is 1. The van der Waals surface area contributed by atoms with Crippen LogP contribution in [-0.4, -0.2) is 65.7 Å². The van der Waals surface area contributed by atoms with E-state index in [9.17, 15) is 19.2 Å². The van der Waals surface area contributed by atoms with Crippen molar-refractivity contribution in [3.05, 3.63) is 93.7 Å². The van der Waals surface area contributed by atoms with E-state index in [0.717, 1.165) is 45.5 Å². The Kier molecular flexibility index (Phi) is 15.5. The predicted octanol–water partition coefficient (Wildman–Crippen LogP) is 12.3. The zero-order chi connectivity index (χ0) is 54.9. The van der Waals surface area contributed by atoms with Crippen LogP contribution >= 0.6 is 0 Å². The molecule has 0 aliphatic carbocycles. The fourth-order valence-electron chi connectivity index (χ4n) is 10.4. The number of aromatic nitrogens is 4. The number of carbonyl (C=O) groups is 4. The van der Waals surface area contributed by atoms with Crippen molar-refractivity contribution in [1.29, 1.82) is 0 Å². The number of hydrogen-bond acceptors (Lipinski definition) is 8. The molecule has 392 valence electrons. The summed E-state index contributed by atoms with van der Waals surface area (Å²) in [5.74, 6) is 3.12. The SMILES string of the molecule is CC(C)(C)c1cccc2c1CC(=O)N2C(C)(C)C.CC(C)(C)c1ccnc2c1CC(=O)N2C(C)(C)C.CC(C)(C)c1ccnc2c1CC(=O)N2C(C)(C)C.CC(C)(C)c1ncnc2c1CC(=O)N2C(C)(C)C. The van der Waals surface area contributed by atoms with Crippen molar-refractivity contribution in [2.75, 3.05) is 19.6 Å². The molecule has 0 N–H and O–H groups in total. The minimum Gasteiger partial charge on any atom is -0.307 e. The Hall–Kier alpha value is -5.52. The average Bonchev–Trinajstić information content (AvgIpc) is 3.93. The lowest BCUT2D eigenvalue weighted by atomic mass is 9.83. The molecule has 0 unspecified atom stereocenters. The Bertz CT molecular complexity index is 2340. The molecule has 4 aliphatic rings. The molecule has 12 nitrogen and oxygen atoms in total. The van der Waals surface area contributed by atoms with Gasteiger partial charge in [-0.05, 0) is 140 Å². The highest BCUT2D eigenvalue weighted by Crippen LogP contribution is 2.43. The molecule has 72 heavy (non-hydrogen) atoms. The van der Waals surface area contributed by atoms with Gasteiger partial charge in [0.05, 0.1) is 31.4 Å². The molecule has 0 fully saturated rings. The van der Waals surface area contributed by atoms with E-state index in [1.54, 1.807) is 11.2 Å². The van der Waals surface area contributed by atoms with Crippen molar-refractivity contribution in [3.8, 4) is 0 Å². The van der Waals surface area contributed by atoms with Crippen LogP contribution < -0.4 is 19.6 Å². The van der Waals surface area contributed by atoms with Crippen molar-refractivity contribution >= 4 is 46.8 Å². The Morgan fingerprint density at radius 2 is 0.667 bits per heavy atom. The van der Waals surface area contributed by atoms with E-state index in [2.05, 4.69) is 142 Å². The highest BCUT2D eigenvalue weighted by Gasteiger charge is 2.43. The molecular formula is C60H88N8O4. The van der Waals surface area contributed by atoms with Crippen LogP contribution in [0.4, 0.5) is 23.1 Å². The molecule has 0 atom stereocenters. The summed E-state index contributed by atoms with van der Waals surface area (Å²) in [6, 6.07) is 10.4. The number of rotatable bonds is 0. The quantitative estimate of drug-likeness (QED) is 0.170. The number of hydrogen-bond donors (Lipinski definition) is 0. The molecule has 8 rings (SSSR count). The van der Waals surface area contributed by atoms with Gasteiger partial charge in [0.1, 0.15) is 23.8 Å². The first-order valence-electron chi connectivity index (χ1n) is 25.7. The van der Waals surface area contributed by atoms with Gasteiger partial charge in [0, 0.05) is 62.3 Å². The highest BCUT2D eigenvalue weighted by molar-refractivity contribution is 6.04. The number of nitrogens with zero attached hydrogens (tertiary/aromatic N) is 8. The monoisotopic (exact) mass is 985 g/mol. The number of fused-ring (bicyclic) bond motifs is 4. The Morgan fingerprint density at radius 1 is 0.347 bits per heavy atom. The first-order chi connectivity index (χ1) is 32.5. The molecule has 7 heterocycles. The molecule has 4 aliphatic heterocycles.